The second kappa shape index (κ2) is 3.05. The van der Waals surface area contributed by atoms with Gasteiger partial charge in [0, 0.05) is 0 Å². The highest BCUT2D eigenvalue weighted by Crippen LogP contribution is 2.06. The van der Waals surface area contributed by atoms with E-state index in [4.69, 9.17) is 5.11 Å². The van der Waals surface area contributed by atoms with Crippen LogP contribution in [0.2, 0.25) is 0 Å². The van der Waals surface area contributed by atoms with Crippen molar-refractivity contribution in [3.63, 3.8) is 0 Å². The first kappa shape index (κ1) is 6.99. The Labute approximate surface area is 49.5 Å². The number of allylic oxidation sites excluding steroid dienone is 1. The number of halogens is 1. The molecule has 1 aliphatic carbocycles. The highest BCUT2D eigenvalue weighted by Gasteiger charge is 2.00. The van der Waals surface area contributed by atoms with Crippen molar-refractivity contribution in [2.24, 2.45) is 0 Å². The van der Waals surface area contributed by atoms with Crippen LogP contribution in [0.5, 0.6) is 0 Å². The molecule has 1 atom stereocenters. The van der Waals surface area contributed by atoms with E-state index < -0.39 is 0 Å². The van der Waals surface area contributed by atoms with Gasteiger partial charge in [0.2, 0.25) is 0 Å². The van der Waals surface area contributed by atoms with Gasteiger partial charge in [-0.25, -0.2) is 0 Å². The van der Waals surface area contributed by atoms with Crippen molar-refractivity contribution in [1.29, 1.82) is 0 Å². The number of aliphatic hydroxyl groups excluding tert-OH is 1. The lowest BCUT2D eigenvalue weighted by Gasteiger charge is -1.89. The zero-order valence-corrected chi connectivity index (χ0v) is 4.82. The van der Waals surface area contributed by atoms with Crippen molar-refractivity contribution in [3.8, 4) is 0 Å². The summed E-state index contributed by atoms with van der Waals surface area (Å²) in [6.45, 7) is 0. The molecule has 7 heavy (non-hydrogen) atoms. The van der Waals surface area contributed by atoms with Crippen molar-refractivity contribution in [3.05, 3.63) is 12.2 Å². The number of hydrogen-bond donors (Lipinski definition) is 1. The molecule has 0 fully saturated rings. The fraction of sp³-hybridized carbons (Fsp3) is 0.600. The minimum Gasteiger partial charge on any atom is -0.389 e. The van der Waals surface area contributed by atoms with Crippen LogP contribution in [0.1, 0.15) is 12.8 Å². The Hall–Kier alpha value is -0.0100. The summed E-state index contributed by atoms with van der Waals surface area (Å²) < 4.78 is 0. The summed E-state index contributed by atoms with van der Waals surface area (Å²) in [5.41, 5.74) is 0. The predicted octanol–water partition coefficient (Wildman–Crippen LogP) is 1.12. The number of hydrogen-bond acceptors (Lipinski definition) is 1. The van der Waals surface area contributed by atoms with Gasteiger partial charge >= 0.3 is 0 Å². The lowest BCUT2D eigenvalue weighted by atomic mass is 10.3. The molecule has 0 aromatic rings. The minimum atomic E-state index is -0.134. The Morgan fingerprint density at radius 3 is 2.43 bits per heavy atom. The van der Waals surface area contributed by atoms with E-state index >= 15 is 0 Å². The van der Waals surface area contributed by atoms with Gasteiger partial charge in [0.1, 0.15) is 0 Å². The smallest absolute Gasteiger partial charge is 0.0723 e. The second-order valence-corrected chi connectivity index (χ2v) is 1.57. The third-order valence-electron chi connectivity index (χ3n) is 0.987. The van der Waals surface area contributed by atoms with E-state index in [0.29, 0.717) is 0 Å². The van der Waals surface area contributed by atoms with Gasteiger partial charge in [0.25, 0.3) is 0 Å². The van der Waals surface area contributed by atoms with Gasteiger partial charge in [-0.1, -0.05) is 12.2 Å². The molecule has 0 heterocycles. The van der Waals surface area contributed by atoms with Crippen molar-refractivity contribution < 1.29 is 5.11 Å². The van der Waals surface area contributed by atoms with Gasteiger partial charge in [0.15, 0.2) is 0 Å². The van der Waals surface area contributed by atoms with Gasteiger partial charge in [-0.2, -0.15) is 0 Å². The Balaban J connectivity index is 0.000000360. The van der Waals surface area contributed by atoms with Gasteiger partial charge in [-0.15, -0.1) is 12.4 Å². The fourth-order valence-corrected chi connectivity index (χ4v) is 0.617. The van der Waals surface area contributed by atoms with Crippen molar-refractivity contribution >= 4 is 12.4 Å². The summed E-state index contributed by atoms with van der Waals surface area (Å²) in [6, 6.07) is 0. The maximum absolute atomic E-state index is 8.64. The molecule has 0 aromatic carbocycles. The molecule has 0 radical (unpaired) electrons. The van der Waals surface area contributed by atoms with E-state index in [0.717, 1.165) is 12.8 Å². The highest BCUT2D eigenvalue weighted by atomic mass is 35.5. The first-order valence-corrected chi connectivity index (χ1v) is 2.24. The average Bonchev–Trinajstić information content (AvgIpc) is 1.86. The third kappa shape index (κ3) is 1.95. The molecule has 1 N–H and O–H groups in total. The van der Waals surface area contributed by atoms with Crippen LogP contribution in [0.15, 0.2) is 12.2 Å². The number of rotatable bonds is 0. The molecule has 0 aliphatic heterocycles. The van der Waals surface area contributed by atoms with Crippen LogP contribution in [0.25, 0.3) is 0 Å². The van der Waals surface area contributed by atoms with E-state index in [1.165, 1.54) is 0 Å². The summed E-state index contributed by atoms with van der Waals surface area (Å²) in [4.78, 5) is 0. The monoisotopic (exact) mass is 120 g/mol. The second-order valence-electron chi connectivity index (χ2n) is 1.57. The largest absolute Gasteiger partial charge is 0.389 e. The summed E-state index contributed by atoms with van der Waals surface area (Å²) in [6.07, 6.45) is 5.69. The van der Waals surface area contributed by atoms with Crippen LogP contribution in [0, 0.1) is 0 Å². The average molecular weight is 121 g/mol. The summed E-state index contributed by atoms with van der Waals surface area (Å²) in [7, 11) is 0. The maximum Gasteiger partial charge on any atom is 0.0723 e. The quantitative estimate of drug-likeness (QED) is 0.475. The molecule has 0 bridgehead atoms. The minimum absolute atomic E-state index is 0. The van der Waals surface area contributed by atoms with Crippen LogP contribution in [-0.2, 0) is 0 Å². The van der Waals surface area contributed by atoms with Gasteiger partial charge in [-0.05, 0) is 12.8 Å². The lowest BCUT2D eigenvalue weighted by Crippen LogP contribution is -1.93. The Morgan fingerprint density at radius 2 is 2.29 bits per heavy atom. The first-order chi connectivity index (χ1) is 2.89. The predicted molar refractivity (Wildman–Crippen MR) is 31.6 cm³/mol. The molecular formula is C5H9ClO. The molecule has 2 heteroatoms. The molecule has 1 unspecified atom stereocenters. The summed E-state index contributed by atoms with van der Waals surface area (Å²) in [5, 5.41) is 8.64. The molecule has 42 valence electrons. The third-order valence-corrected chi connectivity index (χ3v) is 0.987. The van der Waals surface area contributed by atoms with Crippen LogP contribution in [0.4, 0.5) is 0 Å². The molecule has 0 spiro atoms. The van der Waals surface area contributed by atoms with Crippen LogP contribution >= 0.6 is 12.4 Å². The number of aliphatic hydroxyl groups is 1. The molecule has 0 saturated carbocycles. The van der Waals surface area contributed by atoms with Crippen molar-refractivity contribution in [2.75, 3.05) is 0 Å². The fourth-order valence-electron chi connectivity index (χ4n) is 0.617. The van der Waals surface area contributed by atoms with E-state index in [9.17, 15) is 0 Å². The van der Waals surface area contributed by atoms with E-state index in [2.05, 4.69) is 0 Å². The molecule has 0 saturated heterocycles. The summed E-state index contributed by atoms with van der Waals surface area (Å²) in [5.74, 6) is 0. The van der Waals surface area contributed by atoms with Crippen molar-refractivity contribution in [1.82, 2.24) is 0 Å². The van der Waals surface area contributed by atoms with Crippen molar-refractivity contribution in [2.45, 2.75) is 18.9 Å². The molecule has 0 aromatic heterocycles. The lowest BCUT2D eigenvalue weighted by molar-refractivity contribution is 0.223. The Kier molecular flexibility index (Phi) is 3.05. The molecular weight excluding hydrogens is 112 g/mol. The zero-order chi connectivity index (χ0) is 4.41. The van der Waals surface area contributed by atoms with Gasteiger partial charge in [-0.3, -0.25) is 0 Å². The first-order valence-electron chi connectivity index (χ1n) is 2.24. The Bertz CT molecular complexity index is 70.5. The zero-order valence-electron chi connectivity index (χ0n) is 4.00. The Morgan fingerprint density at radius 1 is 1.57 bits per heavy atom. The summed E-state index contributed by atoms with van der Waals surface area (Å²) >= 11 is 0. The van der Waals surface area contributed by atoms with Crippen LogP contribution in [0.3, 0.4) is 0 Å². The van der Waals surface area contributed by atoms with E-state index in [1.54, 1.807) is 0 Å². The van der Waals surface area contributed by atoms with Gasteiger partial charge < -0.3 is 5.11 Å². The SMILES string of the molecule is Cl.OC1C=CCC1. The molecule has 1 nitrogen and oxygen atoms in total. The van der Waals surface area contributed by atoms with E-state index in [1.807, 2.05) is 12.2 Å². The topological polar surface area (TPSA) is 20.2 Å². The van der Waals surface area contributed by atoms with Crippen LogP contribution in [-0.4, -0.2) is 11.2 Å². The van der Waals surface area contributed by atoms with Gasteiger partial charge in [0.05, 0.1) is 6.10 Å². The molecule has 1 aliphatic rings. The molecule has 0 amide bonds. The normalized spacial score (nSPS) is 27.3. The van der Waals surface area contributed by atoms with E-state index in [-0.39, 0.29) is 18.5 Å². The maximum atomic E-state index is 8.64. The highest BCUT2D eigenvalue weighted by molar-refractivity contribution is 5.85. The molecule has 1 rings (SSSR count). The van der Waals surface area contributed by atoms with Crippen LogP contribution < -0.4 is 0 Å². The standard InChI is InChI=1S/C5H8O.ClH/c6-5-3-1-2-4-5;/h1,3,5-6H,2,4H2;1H.